The molecule has 0 bridgehead atoms. The summed E-state index contributed by atoms with van der Waals surface area (Å²) in [7, 11) is 0. The number of halogens is 2. The second-order valence-corrected chi connectivity index (χ2v) is 5.54. The number of anilines is 1. The lowest BCUT2D eigenvalue weighted by molar-refractivity contribution is 0.102. The van der Waals surface area contributed by atoms with Crippen molar-refractivity contribution >= 4 is 27.5 Å². The first-order valence-corrected chi connectivity index (χ1v) is 7.16. The number of hydrogen-bond acceptors (Lipinski definition) is 1. The first-order valence-electron chi connectivity index (χ1n) is 6.36. The fourth-order valence-electron chi connectivity index (χ4n) is 2.04. The number of benzene rings is 2. The third-order valence-corrected chi connectivity index (χ3v) is 3.49. The second kappa shape index (κ2) is 6.18. The highest BCUT2D eigenvalue weighted by Gasteiger charge is 2.10. The Labute approximate surface area is 126 Å². The minimum atomic E-state index is -0.401. The van der Waals surface area contributed by atoms with Gasteiger partial charge in [0.05, 0.1) is 0 Å². The van der Waals surface area contributed by atoms with Crippen molar-refractivity contribution in [3.8, 4) is 0 Å². The van der Waals surface area contributed by atoms with E-state index >= 15 is 0 Å². The number of aryl methyl sites for hydroxylation is 2. The second-order valence-electron chi connectivity index (χ2n) is 4.63. The van der Waals surface area contributed by atoms with Crippen LogP contribution in [0.1, 0.15) is 28.4 Å². The fourth-order valence-corrected chi connectivity index (χ4v) is 2.45. The minimum absolute atomic E-state index is 0.301. The van der Waals surface area contributed by atoms with Crippen molar-refractivity contribution in [2.45, 2.75) is 20.3 Å². The van der Waals surface area contributed by atoms with Crippen LogP contribution in [-0.4, -0.2) is 5.91 Å². The molecular weight excluding hydrogens is 321 g/mol. The highest BCUT2D eigenvalue weighted by Crippen LogP contribution is 2.22. The zero-order valence-corrected chi connectivity index (χ0v) is 12.9. The molecule has 4 heteroatoms. The third kappa shape index (κ3) is 3.45. The molecule has 0 unspecified atom stereocenters. The monoisotopic (exact) mass is 335 g/mol. The molecule has 0 aliphatic rings. The molecule has 2 nitrogen and oxygen atoms in total. The van der Waals surface area contributed by atoms with Crippen molar-refractivity contribution < 1.29 is 9.18 Å². The standard InChI is InChI=1S/C16H15BrFNO/c1-3-11-8-13(17)4-5-15(11)19-16(20)12-6-10(2)7-14(18)9-12/h4-9H,3H2,1-2H3,(H,19,20). The van der Waals surface area contributed by atoms with Gasteiger partial charge in [-0.05, 0) is 60.9 Å². The molecule has 1 amide bonds. The summed E-state index contributed by atoms with van der Waals surface area (Å²) < 4.78 is 14.3. The normalized spacial score (nSPS) is 10.4. The van der Waals surface area contributed by atoms with E-state index in [0.29, 0.717) is 5.56 Å². The van der Waals surface area contributed by atoms with Gasteiger partial charge < -0.3 is 5.32 Å². The SMILES string of the molecule is CCc1cc(Br)ccc1NC(=O)c1cc(C)cc(F)c1. The van der Waals surface area contributed by atoms with Crippen molar-refractivity contribution in [2.75, 3.05) is 5.32 Å². The number of hydrogen-bond donors (Lipinski definition) is 1. The van der Waals surface area contributed by atoms with Crippen LogP contribution in [0.4, 0.5) is 10.1 Å². The molecule has 0 atom stereocenters. The summed E-state index contributed by atoms with van der Waals surface area (Å²) in [5, 5.41) is 2.83. The Morgan fingerprint density at radius 1 is 1.25 bits per heavy atom. The van der Waals surface area contributed by atoms with Gasteiger partial charge in [-0.1, -0.05) is 22.9 Å². The van der Waals surface area contributed by atoms with E-state index in [1.54, 1.807) is 13.0 Å². The molecular formula is C16H15BrFNO. The minimum Gasteiger partial charge on any atom is -0.322 e. The molecule has 1 N–H and O–H groups in total. The van der Waals surface area contributed by atoms with Crippen LogP contribution in [-0.2, 0) is 6.42 Å². The summed E-state index contributed by atoms with van der Waals surface area (Å²) in [6, 6.07) is 9.98. The van der Waals surface area contributed by atoms with Crippen molar-refractivity contribution in [2.24, 2.45) is 0 Å². The molecule has 20 heavy (non-hydrogen) atoms. The van der Waals surface area contributed by atoms with E-state index in [9.17, 15) is 9.18 Å². The lowest BCUT2D eigenvalue weighted by atomic mass is 10.1. The molecule has 104 valence electrons. The molecule has 2 aromatic carbocycles. The average molecular weight is 336 g/mol. The van der Waals surface area contributed by atoms with E-state index < -0.39 is 5.82 Å². The van der Waals surface area contributed by atoms with Crippen LogP contribution in [0, 0.1) is 12.7 Å². The van der Waals surface area contributed by atoms with Gasteiger partial charge in [0.25, 0.3) is 5.91 Å². The maximum atomic E-state index is 13.3. The molecule has 2 rings (SSSR count). The van der Waals surface area contributed by atoms with Gasteiger partial charge in [-0.3, -0.25) is 4.79 Å². The van der Waals surface area contributed by atoms with Crippen LogP contribution in [0.5, 0.6) is 0 Å². The first-order chi connectivity index (χ1) is 9.49. The molecule has 0 spiro atoms. The lowest BCUT2D eigenvalue weighted by Gasteiger charge is -2.11. The third-order valence-electron chi connectivity index (χ3n) is 3.00. The Morgan fingerprint density at radius 2 is 2.00 bits per heavy atom. The molecule has 2 aromatic rings. The van der Waals surface area contributed by atoms with Crippen LogP contribution < -0.4 is 5.32 Å². The van der Waals surface area contributed by atoms with Gasteiger partial charge >= 0.3 is 0 Å². The largest absolute Gasteiger partial charge is 0.322 e. The topological polar surface area (TPSA) is 29.1 Å². The van der Waals surface area contributed by atoms with E-state index in [4.69, 9.17) is 0 Å². The molecule has 0 aliphatic carbocycles. The summed E-state index contributed by atoms with van der Waals surface area (Å²) >= 11 is 3.41. The van der Waals surface area contributed by atoms with Gasteiger partial charge in [-0.25, -0.2) is 4.39 Å². The molecule has 0 fully saturated rings. The van der Waals surface area contributed by atoms with Gasteiger partial charge in [-0.2, -0.15) is 0 Å². The number of rotatable bonds is 3. The molecule has 0 saturated heterocycles. The number of carbonyl (C=O) groups excluding carboxylic acids is 1. The smallest absolute Gasteiger partial charge is 0.255 e. The van der Waals surface area contributed by atoms with Crippen LogP contribution in [0.15, 0.2) is 40.9 Å². The Balaban J connectivity index is 2.27. The maximum Gasteiger partial charge on any atom is 0.255 e. The summed E-state index contributed by atoms with van der Waals surface area (Å²) in [5.74, 6) is -0.703. The van der Waals surface area contributed by atoms with Gasteiger partial charge in [0.15, 0.2) is 0 Å². The Hall–Kier alpha value is -1.68. The fraction of sp³-hybridized carbons (Fsp3) is 0.188. The van der Waals surface area contributed by atoms with E-state index in [1.807, 2.05) is 25.1 Å². The highest BCUT2D eigenvalue weighted by atomic mass is 79.9. The summed E-state index contributed by atoms with van der Waals surface area (Å²) in [6.45, 7) is 3.78. The van der Waals surface area contributed by atoms with Crippen LogP contribution in [0.25, 0.3) is 0 Å². The molecule has 0 aromatic heterocycles. The summed E-state index contributed by atoms with van der Waals surface area (Å²) in [4.78, 5) is 12.2. The molecule has 0 aliphatic heterocycles. The summed E-state index contributed by atoms with van der Waals surface area (Å²) in [5.41, 5.74) is 2.83. The van der Waals surface area contributed by atoms with E-state index in [2.05, 4.69) is 21.2 Å². The van der Waals surface area contributed by atoms with Gasteiger partial charge in [0, 0.05) is 15.7 Å². The van der Waals surface area contributed by atoms with Crippen LogP contribution in [0.2, 0.25) is 0 Å². The summed E-state index contributed by atoms with van der Waals surface area (Å²) in [6.07, 6.45) is 0.803. The zero-order valence-electron chi connectivity index (χ0n) is 11.3. The Kier molecular flexibility index (Phi) is 4.55. The number of amides is 1. The predicted octanol–water partition coefficient (Wildman–Crippen LogP) is 4.71. The maximum absolute atomic E-state index is 13.3. The van der Waals surface area contributed by atoms with Gasteiger partial charge in [0.1, 0.15) is 5.82 Å². The predicted molar refractivity (Wildman–Crippen MR) is 82.6 cm³/mol. The van der Waals surface area contributed by atoms with Crippen molar-refractivity contribution in [1.29, 1.82) is 0 Å². The van der Waals surface area contributed by atoms with Crippen LogP contribution >= 0.6 is 15.9 Å². The molecule has 0 heterocycles. The number of carbonyl (C=O) groups is 1. The Bertz CT molecular complexity index is 635. The zero-order chi connectivity index (χ0) is 14.7. The Morgan fingerprint density at radius 3 is 2.65 bits per heavy atom. The van der Waals surface area contributed by atoms with Crippen molar-refractivity contribution in [3.05, 3.63) is 63.4 Å². The first kappa shape index (κ1) is 14.7. The van der Waals surface area contributed by atoms with E-state index in [-0.39, 0.29) is 5.91 Å². The van der Waals surface area contributed by atoms with Crippen molar-refractivity contribution in [3.63, 3.8) is 0 Å². The highest BCUT2D eigenvalue weighted by molar-refractivity contribution is 9.10. The number of nitrogens with one attached hydrogen (secondary N) is 1. The quantitative estimate of drug-likeness (QED) is 0.864. The van der Waals surface area contributed by atoms with E-state index in [0.717, 1.165) is 27.7 Å². The van der Waals surface area contributed by atoms with E-state index in [1.165, 1.54) is 12.1 Å². The van der Waals surface area contributed by atoms with Crippen molar-refractivity contribution in [1.82, 2.24) is 0 Å². The lowest BCUT2D eigenvalue weighted by Crippen LogP contribution is -2.13. The average Bonchev–Trinajstić information content (AvgIpc) is 2.39. The van der Waals surface area contributed by atoms with Crippen LogP contribution in [0.3, 0.4) is 0 Å². The molecule has 0 radical (unpaired) electrons. The van der Waals surface area contributed by atoms with Gasteiger partial charge in [-0.15, -0.1) is 0 Å². The molecule has 0 saturated carbocycles. The van der Waals surface area contributed by atoms with Gasteiger partial charge in [0.2, 0.25) is 0 Å².